The zero-order valence-corrected chi connectivity index (χ0v) is 13.9. The predicted molar refractivity (Wildman–Crippen MR) is 86.2 cm³/mol. The van der Waals surface area contributed by atoms with Crippen molar-refractivity contribution in [2.75, 3.05) is 32.1 Å². The van der Waals surface area contributed by atoms with E-state index in [9.17, 15) is 4.79 Å². The van der Waals surface area contributed by atoms with Crippen molar-refractivity contribution >= 4 is 24.1 Å². The van der Waals surface area contributed by atoms with Gasteiger partial charge in [0.25, 0.3) is 0 Å². The molecule has 3 N–H and O–H groups in total. The van der Waals surface area contributed by atoms with Crippen LogP contribution in [0.15, 0.2) is 10.6 Å². The lowest BCUT2D eigenvalue weighted by Crippen LogP contribution is -2.49. The van der Waals surface area contributed by atoms with E-state index in [0.717, 1.165) is 19.4 Å². The van der Waals surface area contributed by atoms with Crippen LogP contribution in [0.3, 0.4) is 0 Å². The Morgan fingerprint density at radius 3 is 3.00 bits per heavy atom. The summed E-state index contributed by atoms with van der Waals surface area (Å²) in [6.07, 6.45) is 2.61. The van der Waals surface area contributed by atoms with Gasteiger partial charge in [-0.25, -0.2) is 0 Å². The van der Waals surface area contributed by atoms with Crippen LogP contribution >= 0.6 is 12.4 Å². The lowest BCUT2D eigenvalue weighted by molar-refractivity contribution is -0.116. The van der Waals surface area contributed by atoms with Crippen LogP contribution in [0, 0.1) is 6.92 Å². The number of anilines is 1. The number of nitrogens with two attached hydrogens (primary N) is 1. The standard InChI is InChI=1S/C14H24N4O3.ClH/c1-10-7-13(17-21-10)16-14(19)4-6-18-5-3-12(20-2)8-11(18)9-15;/h7,11-12H,3-6,8-9,15H2,1-2H3,(H,16,17,19);1H. The third kappa shape index (κ3) is 5.24. The van der Waals surface area contributed by atoms with Crippen molar-refractivity contribution in [1.82, 2.24) is 10.1 Å². The van der Waals surface area contributed by atoms with E-state index in [1.54, 1.807) is 20.1 Å². The average Bonchev–Trinajstić information content (AvgIpc) is 2.90. The summed E-state index contributed by atoms with van der Waals surface area (Å²) in [5.41, 5.74) is 5.82. The van der Waals surface area contributed by atoms with E-state index in [2.05, 4.69) is 15.4 Å². The van der Waals surface area contributed by atoms with E-state index in [0.29, 0.717) is 31.1 Å². The number of aryl methyl sites for hydroxylation is 1. The van der Waals surface area contributed by atoms with Gasteiger partial charge in [0, 0.05) is 45.3 Å². The van der Waals surface area contributed by atoms with Gasteiger partial charge in [0.2, 0.25) is 5.91 Å². The second-order valence-corrected chi connectivity index (χ2v) is 5.43. The molecule has 0 radical (unpaired) electrons. The van der Waals surface area contributed by atoms with Crippen LogP contribution in [0.4, 0.5) is 5.82 Å². The van der Waals surface area contributed by atoms with Gasteiger partial charge in [0.05, 0.1) is 6.10 Å². The number of carbonyl (C=O) groups is 1. The maximum Gasteiger partial charge on any atom is 0.226 e. The van der Waals surface area contributed by atoms with Crippen molar-refractivity contribution in [1.29, 1.82) is 0 Å². The van der Waals surface area contributed by atoms with Gasteiger partial charge >= 0.3 is 0 Å². The number of nitrogens with zero attached hydrogens (tertiary/aromatic N) is 2. The first-order valence-electron chi connectivity index (χ1n) is 7.32. The molecule has 0 aromatic carbocycles. The molecule has 0 spiro atoms. The molecule has 1 aliphatic heterocycles. The molecule has 0 saturated carbocycles. The van der Waals surface area contributed by atoms with Gasteiger partial charge in [-0.2, -0.15) is 0 Å². The summed E-state index contributed by atoms with van der Waals surface area (Å²) in [4.78, 5) is 14.2. The molecule has 1 saturated heterocycles. The lowest BCUT2D eigenvalue weighted by atomic mass is 9.99. The summed E-state index contributed by atoms with van der Waals surface area (Å²) >= 11 is 0. The second-order valence-electron chi connectivity index (χ2n) is 5.43. The SMILES string of the molecule is COC1CCN(CCC(=O)Nc2cc(C)on2)C(CN)C1.Cl. The maximum absolute atomic E-state index is 11.9. The number of likely N-dealkylation sites (tertiary alicyclic amines) is 1. The van der Waals surface area contributed by atoms with Crippen LogP contribution in [0.2, 0.25) is 0 Å². The third-order valence-corrected chi connectivity index (χ3v) is 3.92. The molecule has 1 fully saturated rings. The highest BCUT2D eigenvalue weighted by Gasteiger charge is 2.27. The fourth-order valence-electron chi connectivity index (χ4n) is 2.69. The van der Waals surface area contributed by atoms with Crippen molar-refractivity contribution < 1.29 is 14.1 Å². The molecule has 2 unspecified atom stereocenters. The van der Waals surface area contributed by atoms with Crippen LogP contribution in [0.25, 0.3) is 0 Å². The molecule has 2 atom stereocenters. The predicted octanol–water partition coefficient (Wildman–Crippen LogP) is 1.17. The van der Waals surface area contributed by atoms with Crippen LogP contribution < -0.4 is 11.1 Å². The first-order chi connectivity index (χ1) is 10.1. The molecule has 2 heterocycles. The molecule has 1 aromatic heterocycles. The molecule has 1 aliphatic rings. The Hall–Kier alpha value is -1.15. The van der Waals surface area contributed by atoms with Crippen LogP contribution in [0.5, 0.6) is 0 Å². The van der Waals surface area contributed by atoms with Crippen molar-refractivity contribution in [3.63, 3.8) is 0 Å². The maximum atomic E-state index is 11.9. The fraction of sp³-hybridized carbons (Fsp3) is 0.714. The minimum Gasteiger partial charge on any atom is -0.381 e. The minimum atomic E-state index is -0.0621. The molecule has 7 nitrogen and oxygen atoms in total. The van der Waals surface area contributed by atoms with Gasteiger partial charge in [-0.05, 0) is 19.8 Å². The number of halogens is 1. The molecule has 2 rings (SSSR count). The third-order valence-electron chi connectivity index (χ3n) is 3.92. The Bertz CT molecular complexity index is 469. The molecule has 0 bridgehead atoms. The van der Waals surface area contributed by atoms with Gasteiger partial charge in [-0.1, -0.05) is 5.16 Å². The average molecular weight is 333 g/mol. The number of hydrogen-bond donors (Lipinski definition) is 2. The number of rotatable bonds is 6. The number of amides is 1. The fourth-order valence-corrected chi connectivity index (χ4v) is 2.69. The number of nitrogens with one attached hydrogen (secondary N) is 1. The number of methoxy groups -OCH3 is 1. The molecule has 1 aromatic rings. The highest BCUT2D eigenvalue weighted by atomic mass is 35.5. The van der Waals surface area contributed by atoms with E-state index in [4.69, 9.17) is 15.0 Å². The molecular weight excluding hydrogens is 308 g/mol. The van der Waals surface area contributed by atoms with E-state index in [1.807, 2.05) is 0 Å². The number of carbonyl (C=O) groups excluding carboxylic acids is 1. The van der Waals surface area contributed by atoms with Crippen molar-refractivity contribution in [3.05, 3.63) is 11.8 Å². The van der Waals surface area contributed by atoms with E-state index < -0.39 is 0 Å². The summed E-state index contributed by atoms with van der Waals surface area (Å²) in [6.45, 7) is 3.98. The number of ether oxygens (including phenoxy) is 1. The Kier molecular flexibility index (Phi) is 7.81. The molecule has 1 amide bonds. The topological polar surface area (TPSA) is 93.6 Å². The van der Waals surface area contributed by atoms with Crippen molar-refractivity contribution in [2.45, 2.75) is 38.3 Å². The Morgan fingerprint density at radius 1 is 1.64 bits per heavy atom. The summed E-state index contributed by atoms with van der Waals surface area (Å²) in [5, 5.41) is 6.47. The highest BCUT2D eigenvalue weighted by Crippen LogP contribution is 2.19. The largest absolute Gasteiger partial charge is 0.381 e. The van der Waals surface area contributed by atoms with Gasteiger partial charge in [-0.3, -0.25) is 9.69 Å². The first kappa shape index (κ1) is 18.9. The minimum absolute atomic E-state index is 0. The molecule has 126 valence electrons. The molecule has 0 aliphatic carbocycles. The van der Waals surface area contributed by atoms with Crippen molar-refractivity contribution in [3.8, 4) is 0 Å². The summed E-state index contributed by atoms with van der Waals surface area (Å²) in [6, 6.07) is 1.98. The Morgan fingerprint density at radius 2 is 2.41 bits per heavy atom. The smallest absolute Gasteiger partial charge is 0.226 e. The summed E-state index contributed by atoms with van der Waals surface area (Å²) < 4.78 is 10.3. The van der Waals surface area contributed by atoms with Gasteiger partial charge in [0.1, 0.15) is 5.76 Å². The summed E-state index contributed by atoms with van der Waals surface area (Å²) in [5.74, 6) is 1.08. The van der Waals surface area contributed by atoms with Crippen LogP contribution in [-0.4, -0.2) is 54.9 Å². The first-order valence-corrected chi connectivity index (χ1v) is 7.32. The quantitative estimate of drug-likeness (QED) is 0.812. The van der Waals surface area contributed by atoms with Crippen molar-refractivity contribution in [2.24, 2.45) is 5.73 Å². The van der Waals surface area contributed by atoms with E-state index in [1.165, 1.54) is 0 Å². The van der Waals surface area contributed by atoms with E-state index in [-0.39, 0.29) is 30.5 Å². The van der Waals surface area contributed by atoms with Crippen LogP contribution in [0.1, 0.15) is 25.0 Å². The molecular formula is C14H25ClN4O3. The molecule has 8 heteroatoms. The number of aromatic nitrogens is 1. The zero-order chi connectivity index (χ0) is 15.2. The lowest BCUT2D eigenvalue weighted by Gasteiger charge is -2.38. The Labute approximate surface area is 136 Å². The van der Waals surface area contributed by atoms with Gasteiger partial charge in [-0.15, -0.1) is 12.4 Å². The molecule has 22 heavy (non-hydrogen) atoms. The normalized spacial score (nSPS) is 22.1. The highest BCUT2D eigenvalue weighted by molar-refractivity contribution is 5.89. The monoisotopic (exact) mass is 332 g/mol. The van der Waals surface area contributed by atoms with Crippen LogP contribution in [-0.2, 0) is 9.53 Å². The number of hydrogen-bond acceptors (Lipinski definition) is 6. The second kappa shape index (κ2) is 9.09. The number of piperidine rings is 1. The van der Waals surface area contributed by atoms with Gasteiger partial charge in [0.15, 0.2) is 5.82 Å². The Balaban J connectivity index is 0.00000242. The zero-order valence-electron chi connectivity index (χ0n) is 13.1. The summed E-state index contributed by atoms with van der Waals surface area (Å²) in [7, 11) is 1.74. The van der Waals surface area contributed by atoms with Gasteiger partial charge < -0.3 is 20.3 Å². The van der Waals surface area contributed by atoms with E-state index >= 15 is 0 Å².